The van der Waals surface area contributed by atoms with Crippen molar-refractivity contribution < 1.29 is 0 Å². The Morgan fingerprint density at radius 2 is 0.932 bits per heavy atom. The first-order chi connectivity index (χ1) is 21.8. The summed E-state index contributed by atoms with van der Waals surface area (Å²) in [5.41, 5.74) is 9.72. The zero-order valence-corrected chi connectivity index (χ0v) is 23.7. The number of pyridine rings is 3. The molecule has 4 heterocycles. The second-order valence-corrected chi connectivity index (χ2v) is 10.6. The third-order valence-electron chi connectivity index (χ3n) is 7.74. The molecular weight excluding hydrogens is 538 g/mol. The van der Waals surface area contributed by atoms with Crippen LogP contribution in [0.1, 0.15) is 0 Å². The fourth-order valence-electron chi connectivity index (χ4n) is 5.55. The molecule has 0 aliphatic carbocycles. The Morgan fingerprint density at radius 3 is 1.59 bits per heavy atom. The third-order valence-corrected chi connectivity index (χ3v) is 7.74. The van der Waals surface area contributed by atoms with E-state index in [1.165, 1.54) is 0 Å². The van der Waals surface area contributed by atoms with Crippen LogP contribution in [0.5, 0.6) is 0 Å². The molecule has 0 atom stereocenters. The average molecular weight is 564 g/mol. The van der Waals surface area contributed by atoms with Crippen LogP contribution in [0.3, 0.4) is 0 Å². The van der Waals surface area contributed by atoms with Crippen molar-refractivity contribution in [1.82, 2.24) is 24.9 Å². The summed E-state index contributed by atoms with van der Waals surface area (Å²) in [5.74, 6) is 0.607. The van der Waals surface area contributed by atoms with E-state index in [0.29, 0.717) is 5.82 Å². The summed E-state index contributed by atoms with van der Waals surface area (Å²) in [6, 6.07) is 49.0. The molecule has 8 rings (SSSR count). The number of aromatic nitrogens is 5. The van der Waals surface area contributed by atoms with Crippen LogP contribution in [0.15, 0.2) is 152 Å². The first-order valence-corrected chi connectivity index (χ1v) is 14.5. The Balaban J connectivity index is 1.44. The number of fused-ring (bicyclic) bond motifs is 3. The van der Waals surface area contributed by atoms with Gasteiger partial charge in [0.15, 0.2) is 5.82 Å². The molecule has 0 saturated carbocycles. The van der Waals surface area contributed by atoms with E-state index in [1.807, 2.05) is 78.9 Å². The molecular formula is C39H25N5. The monoisotopic (exact) mass is 563 g/mol. The molecule has 0 radical (unpaired) electrons. The van der Waals surface area contributed by atoms with E-state index in [-0.39, 0.29) is 0 Å². The van der Waals surface area contributed by atoms with Gasteiger partial charge in [-0.15, -0.1) is 0 Å². The second kappa shape index (κ2) is 11.0. The van der Waals surface area contributed by atoms with Crippen LogP contribution >= 0.6 is 0 Å². The zero-order chi connectivity index (χ0) is 29.3. The highest BCUT2D eigenvalue weighted by atomic mass is 14.9. The van der Waals surface area contributed by atoms with Gasteiger partial charge in [0.05, 0.1) is 39.5 Å². The molecule has 0 saturated heterocycles. The molecule has 0 spiro atoms. The Hall–Kier alpha value is -6.07. The fourth-order valence-corrected chi connectivity index (χ4v) is 5.55. The van der Waals surface area contributed by atoms with E-state index >= 15 is 0 Å². The van der Waals surface area contributed by atoms with Gasteiger partial charge < -0.3 is 0 Å². The standard InChI is InChI=1S/C39H25N5/c1-4-12-26(13-5-1)32-22-20-29-19-21-30-31(24-34(27-14-6-2-7-15-27)42-38(30)37(29)41-32)39-43-35(28-16-8-3-9-17-28)25-36(44-39)33-18-10-11-23-40-33/h1-25H. The summed E-state index contributed by atoms with van der Waals surface area (Å²) in [4.78, 5) is 25.2. The van der Waals surface area contributed by atoms with Crippen molar-refractivity contribution >= 4 is 21.8 Å². The molecule has 4 aromatic carbocycles. The van der Waals surface area contributed by atoms with E-state index < -0.39 is 0 Å². The van der Waals surface area contributed by atoms with Crippen molar-refractivity contribution in [2.75, 3.05) is 0 Å². The third kappa shape index (κ3) is 4.76. The molecule has 0 amide bonds. The second-order valence-electron chi connectivity index (χ2n) is 10.6. The zero-order valence-electron chi connectivity index (χ0n) is 23.7. The maximum absolute atomic E-state index is 5.23. The molecule has 4 aromatic heterocycles. The van der Waals surface area contributed by atoms with Crippen molar-refractivity contribution in [2.24, 2.45) is 0 Å². The summed E-state index contributed by atoms with van der Waals surface area (Å²) in [6.07, 6.45) is 1.79. The molecule has 5 heteroatoms. The molecule has 0 N–H and O–H groups in total. The van der Waals surface area contributed by atoms with Crippen molar-refractivity contribution in [3.05, 3.63) is 152 Å². The van der Waals surface area contributed by atoms with Gasteiger partial charge in [-0.1, -0.05) is 115 Å². The van der Waals surface area contributed by atoms with Gasteiger partial charge in [-0.25, -0.2) is 19.9 Å². The smallest absolute Gasteiger partial charge is 0.161 e. The lowest BCUT2D eigenvalue weighted by Crippen LogP contribution is -1.99. The lowest BCUT2D eigenvalue weighted by molar-refractivity contribution is 1.16. The lowest BCUT2D eigenvalue weighted by Gasteiger charge is -2.14. The lowest BCUT2D eigenvalue weighted by atomic mass is 10.0. The minimum absolute atomic E-state index is 0.607. The van der Waals surface area contributed by atoms with Crippen molar-refractivity contribution in [3.8, 4) is 56.5 Å². The maximum atomic E-state index is 5.23. The molecule has 0 aliphatic heterocycles. The van der Waals surface area contributed by atoms with Crippen LogP contribution in [0.2, 0.25) is 0 Å². The number of benzene rings is 4. The van der Waals surface area contributed by atoms with Gasteiger partial charge >= 0.3 is 0 Å². The minimum Gasteiger partial charge on any atom is -0.255 e. The summed E-state index contributed by atoms with van der Waals surface area (Å²) in [5, 5.41) is 1.96. The summed E-state index contributed by atoms with van der Waals surface area (Å²) >= 11 is 0. The number of rotatable bonds is 5. The minimum atomic E-state index is 0.607. The van der Waals surface area contributed by atoms with E-state index in [0.717, 1.165) is 72.5 Å². The Labute approximate surface area is 254 Å². The maximum Gasteiger partial charge on any atom is 0.161 e. The topological polar surface area (TPSA) is 64.5 Å². The molecule has 8 aromatic rings. The molecule has 0 bridgehead atoms. The Morgan fingerprint density at radius 1 is 0.364 bits per heavy atom. The van der Waals surface area contributed by atoms with Gasteiger partial charge in [-0.3, -0.25) is 4.98 Å². The van der Waals surface area contributed by atoms with E-state index in [9.17, 15) is 0 Å². The van der Waals surface area contributed by atoms with Crippen LogP contribution in [0, 0.1) is 0 Å². The van der Waals surface area contributed by atoms with E-state index in [2.05, 4.69) is 71.7 Å². The molecule has 206 valence electrons. The van der Waals surface area contributed by atoms with Gasteiger partial charge in [0.25, 0.3) is 0 Å². The highest BCUT2D eigenvalue weighted by Gasteiger charge is 2.18. The molecule has 44 heavy (non-hydrogen) atoms. The van der Waals surface area contributed by atoms with Crippen molar-refractivity contribution in [1.29, 1.82) is 0 Å². The van der Waals surface area contributed by atoms with Crippen LogP contribution < -0.4 is 0 Å². The van der Waals surface area contributed by atoms with Gasteiger partial charge in [-0.05, 0) is 30.3 Å². The normalized spacial score (nSPS) is 11.2. The molecule has 0 aliphatic rings. The van der Waals surface area contributed by atoms with E-state index in [4.69, 9.17) is 19.9 Å². The van der Waals surface area contributed by atoms with Gasteiger partial charge in [0.1, 0.15) is 0 Å². The highest BCUT2D eigenvalue weighted by Crippen LogP contribution is 2.36. The van der Waals surface area contributed by atoms with Crippen LogP contribution in [0.4, 0.5) is 0 Å². The average Bonchev–Trinajstić information content (AvgIpc) is 3.12. The van der Waals surface area contributed by atoms with Gasteiger partial charge in [-0.2, -0.15) is 0 Å². The molecule has 5 nitrogen and oxygen atoms in total. The summed E-state index contributed by atoms with van der Waals surface area (Å²) in [6.45, 7) is 0. The van der Waals surface area contributed by atoms with Crippen LogP contribution in [-0.4, -0.2) is 24.9 Å². The van der Waals surface area contributed by atoms with Crippen LogP contribution in [0.25, 0.3) is 78.4 Å². The number of nitrogens with zero attached hydrogens (tertiary/aromatic N) is 5. The summed E-state index contributed by atoms with van der Waals surface area (Å²) in [7, 11) is 0. The number of hydrogen-bond acceptors (Lipinski definition) is 5. The quantitative estimate of drug-likeness (QED) is 0.195. The highest BCUT2D eigenvalue weighted by molar-refractivity contribution is 6.09. The molecule has 0 fully saturated rings. The molecule has 0 unspecified atom stereocenters. The first-order valence-electron chi connectivity index (χ1n) is 14.5. The largest absolute Gasteiger partial charge is 0.255 e. The van der Waals surface area contributed by atoms with Gasteiger partial charge in [0.2, 0.25) is 0 Å². The van der Waals surface area contributed by atoms with Crippen LogP contribution in [-0.2, 0) is 0 Å². The van der Waals surface area contributed by atoms with Crippen molar-refractivity contribution in [2.45, 2.75) is 0 Å². The summed E-state index contributed by atoms with van der Waals surface area (Å²) < 4.78 is 0. The van der Waals surface area contributed by atoms with Crippen molar-refractivity contribution in [3.63, 3.8) is 0 Å². The Bertz CT molecular complexity index is 2200. The predicted octanol–water partition coefficient (Wildman–Crippen LogP) is 9.30. The van der Waals surface area contributed by atoms with E-state index in [1.54, 1.807) is 6.20 Å². The fraction of sp³-hybridized carbons (Fsp3) is 0. The predicted molar refractivity (Wildman–Crippen MR) is 178 cm³/mol. The van der Waals surface area contributed by atoms with Gasteiger partial charge in [0, 0.05) is 39.2 Å². The SMILES string of the molecule is c1ccc(-c2cc(-c3ccccn3)nc(-c3cc(-c4ccccc4)nc4c3ccc3ccc(-c5ccccc5)nc34)n2)cc1. The Kier molecular flexibility index (Phi) is 6.39. The number of hydrogen-bond donors (Lipinski definition) is 0. The first kappa shape index (κ1) is 25.6.